The first kappa shape index (κ1) is 13.8. The van der Waals surface area contributed by atoms with Crippen LogP contribution in [0.15, 0.2) is 0 Å². The van der Waals surface area contributed by atoms with Crippen molar-refractivity contribution in [3.05, 3.63) is 0 Å². The van der Waals surface area contributed by atoms with E-state index in [1.54, 1.807) is 0 Å². The highest BCUT2D eigenvalue weighted by atomic mass is 32.2. The van der Waals surface area contributed by atoms with Crippen molar-refractivity contribution < 1.29 is 13.2 Å². The van der Waals surface area contributed by atoms with Gasteiger partial charge >= 0.3 is 0 Å². The Kier molecular flexibility index (Phi) is 4.61. The van der Waals surface area contributed by atoms with Gasteiger partial charge in [-0.25, -0.2) is 8.42 Å². The molecule has 0 radical (unpaired) electrons. The molecule has 0 spiro atoms. The number of hydrogen-bond acceptors (Lipinski definition) is 4. The highest BCUT2D eigenvalue weighted by Crippen LogP contribution is 2.21. The molecule has 2 rings (SSSR count). The van der Waals surface area contributed by atoms with E-state index < -0.39 is 9.84 Å². The van der Waals surface area contributed by atoms with Crippen molar-refractivity contribution in [2.75, 3.05) is 31.1 Å². The zero-order valence-corrected chi connectivity index (χ0v) is 11.5. The van der Waals surface area contributed by atoms with Crippen LogP contribution in [0.25, 0.3) is 0 Å². The second-order valence-corrected chi connectivity index (χ2v) is 7.70. The van der Waals surface area contributed by atoms with Gasteiger partial charge in [0.1, 0.15) is 0 Å². The third-order valence-electron chi connectivity index (χ3n) is 3.84. The van der Waals surface area contributed by atoms with Crippen LogP contribution in [0.3, 0.4) is 0 Å². The van der Waals surface area contributed by atoms with E-state index in [0.717, 1.165) is 19.5 Å². The Morgan fingerprint density at radius 3 is 2.72 bits per heavy atom. The maximum atomic E-state index is 11.7. The fraction of sp³-hybridized carbons (Fsp3) is 0.917. The van der Waals surface area contributed by atoms with Crippen molar-refractivity contribution in [2.24, 2.45) is 11.8 Å². The maximum absolute atomic E-state index is 11.7. The normalized spacial score (nSPS) is 30.4. The average molecular weight is 274 g/mol. The molecular weight excluding hydrogens is 252 g/mol. The minimum Gasteiger partial charge on any atom is -0.356 e. The van der Waals surface area contributed by atoms with Crippen LogP contribution >= 0.6 is 0 Å². The third-order valence-corrected chi connectivity index (χ3v) is 5.67. The summed E-state index contributed by atoms with van der Waals surface area (Å²) in [5.74, 6) is 1.15. The molecule has 0 aromatic heterocycles. The van der Waals surface area contributed by atoms with E-state index in [9.17, 15) is 13.2 Å². The van der Waals surface area contributed by atoms with Crippen LogP contribution in [-0.2, 0) is 14.6 Å². The smallest absolute Gasteiger partial charge is 0.220 e. The third kappa shape index (κ3) is 4.24. The number of hydrogen-bond donors (Lipinski definition) is 2. The molecule has 2 atom stereocenters. The Morgan fingerprint density at radius 1 is 1.28 bits per heavy atom. The summed E-state index contributed by atoms with van der Waals surface area (Å²) < 4.78 is 22.5. The second-order valence-electron chi connectivity index (χ2n) is 5.47. The average Bonchev–Trinajstić information content (AvgIpc) is 2.88. The molecule has 1 amide bonds. The van der Waals surface area contributed by atoms with Crippen LogP contribution < -0.4 is 10.6 Å². The van der Waals surface area contributed by atoms with Crippen LogP contribution in [0.4, 0.5) is 0 Å². The molecule has 18 heavy (non-hydrogen) atoms. The summed E-state index contributed by atoms with van der Waals surface area (Å²) in [5.41, 5.74) is 0. The van der Waals surface area contributed by atoms with Crippen molar-refractivity contribution in [2.45, 2.75) is 25.7 Å². The zero-order valence-electron chi connectivity index (χ0n) is 10.7. The molecule has 0 aromatic carbocycles. The molecule has 2 heterocycles. The maximum Gasteiger partial charge on any atom is 0.220 e. The molecule has 0 aliphatic carbocycles. The van der Waals surface area contributed by atoms with E-state index >= 15 is 0 Å². The number of sulfone groups is 1. The van der Waals surface area contributed by atoms with E-state index in [4.69, 9.17) is 0 Å². The number of carbonyl (C=O) groups is 1. The van der Waals surface area contributed by atoms with E-state index in [1.807, 2.05) is 0 Å². The van der Waals surface area contributed by atoms with Crippen LogP contribution in [0.1, 0.15) is 25.7 Å². The Bertz CT molecular complexity index is 388. The van der Waals surface area contributed by atoms with Crippen molar-refractivity contribution in [3.8, 4) is 0 Å². The summed E-state index contributed by atoms with van der Waals surface area (Å²) in [4.78, 5) is 11.7. The van der Waals surface area contributed by atoms with E-state index in [-0.39, 0.29) is 23.3 Å². The topological polar surface area (TPSA) is 75.3 Å². The predicted molar refractivity (Wildman–Crippen MR) is 70.0 cm³/mol. The summed E-state index contributed by atoms with van der Waals surface area (Å²) in [5, 5.41) is 6.20. The summed E-state index contributed by atoms with van der Waals surface area (Å²) in [6.07, 6.45) is 3.21. The number of rotatable bonds is 5. The lowest BCUT2D eigenvalue weighted by molar-refractivity contribution is -0.121. The first-order valence-electron chi connectivity index (χ1n) is 6.73. The highest BCUT2D eigenvalue weighted by Gasteiger charge is 2.29. The van der Waals surface area contributed by atoms with Crippen LogP contribution in [0.2, 0.25) is 0 Å². The second kappa shape index (κ2) is 6.02. The lowest BCUT2D eigenvalue weighted by Crippen LogP contribution is -2.28. The molecule has 0 saturated carbocycles. The van der Waals surface area contributed by atoms with Gasteiger partial charge in [-0.15, -0.1) is 0 Å². The lowest BCUT2D eigenvalue weighted by atomic mass is 10.0. The fourth-order valence-corrected chi connectivity index (χ4v) is 4.61. The highest BCUT2D eigenvalue weighted by molar-refractivity contribution is 7.91. The van der Waals surface area contributed by atoms with Crippen molar-refractivity contribution in [3.63, 3.8) is 0 Å². The number of carbonyl (C=O) groups excluding carboxylic acids is 1. The summed E-state index contributed by atoms with van der Waals surface area (Å²) in [7, 11) is -2.86. The Labute approximate surface area is 109 Å². The molecule has 2 saturated heterocycles. The number of amides is 1. The molecule has 6 heteroatoms. The van der Waals surface area contributed by atoms with Gasteiger partial charge in [-0.2, -0.15) is 0 Å². The molecule has 5 nitrogen and oxygen atoms in total. The van der Waals surface area contributed by atoms with E-state index in [0.29, 0.717) is 25.3 Å². The van der Waals surface area contributed by atoms with Crippen molar-refractivity contribution in [1.29, 1.82) is 0 Å². The Morgan fingerprint density at radius 2 is 2.11 bits per heavy atom. The molecule has 2 unspecified atom stereocenters. The van der Waals surface area contributed by atoms with Gasteiger partial charge < -0.3 is 10.6 Å². The van der Waals surface area contributed by atoms with Crippen molar-refractivity contribution in [1.82, 2.24) is 10.6 Å². The molecule has 2 aliphatic heterocycles. The van der Waals surface area contributed by atoms with Gasteiger partial charge in [-0.05, 0) is 44.2 Å². The summed E-state index contributed by atoms with van der Waals surface area (Å²) >= 11 is 0. The monoisotopic (exact) mass is 274 g/mol. The molecule has 2 aliphatic rings. The van der Waals surface area contributed by atoms with E-state index in [2.05, 4.69) is 10.6 Å². The van der Waals surface area contributed by atoms with Gasteiger partial charge in [0.05, 0.1) is 11.5 Å². The molecule has 2 N–H and O–H groups in total. The van der Waals surface area contributed by atoms with Crippen LogP contribution in [0.5, 0.6) is 0 Å². The quantitative estimate of drug-likeness (QED) is 0.736. The standard InChI is InChI=1S/C12H22N2O3S/c15-12(7-11-3-6-18(16,17)9-11)14-5-2-10-1-4-13-8-10/h10-11,13H,1-9H2,(H,14,15). The minimum absolute atomic E-state index is 0.00283. The SMILES string of the molecule is O=C(CC1CCS(=O)(=O)C1)NCCC1CCNC1. The van der Waals surface area contributed by atoms with Gasteiger partial charge in [-0.1, -0.05) is 0 Å². The van der Waals surface area contributed by atoms with Crippen LogP contribution in [0, 0.1) is 11.8 Å². The molecule has 104 valence electrons. The zero-order chi connectivity index (χ0) is 13.0. The molecule has 0 bridgehead atoms. The fourth-order valence-electron chi connectivity index (χ4n) is 2.74. The lowest BCUT2D eigenvalue weighted by Gasteiger charge is -2.11. The first-order chi connectivity index (χ1) is 8.55. The summed E-state index contributed by atoms with van der Waals surface area (Å²) in [6, 6.07) is 0. The van der Waals surface area contributed by atoms with Gasteiger partial charge in [0.15, 0.2) is 9.84 Å². The Hall–Kier alpha value is -0.620. The van der Waals surface area contributed by atoms with Gasteiger partial charge in [0, 0.05) is 13.0 Å². The summed E-state index contributed by atoms with van der Waals surface area (Å²) in [6.45, 7) is 2.85. The first-order valence-corrected chi connectivity index (χ1v) is 8.55. The Balaban J connectivity index is 1.60. The van der Waals surface area contributed by atoms with Gasteiger partial charge in [0.2, 0.25) is 5.91 Å². The van der Waals surface area contributed by atoms with Crippen LogP contribution in [-0.4, -0.2) is 45.5 Å². The van der Waals surface area contributed by atoms with E-state index in [1.165, 1.54) is 6.42 Å². The predicted octanol–water partition coefficient (Wildman–Crippen LogP) is -0.0730. The number of nitrogens with one attached hydrogen (secondary N) is 2. The van der Waals surface area contributed by atoms with Crippen molar-refractivity contribution >= 4 is 15.7 Å². The largest absolute Gasteiger partial charge is 0.356 e. The molecule has 0 aromatic rings. The van der Waals surface area contributed by atoms with Gasteiger partial charge in [0.25, 0.3) is 0 Å². The molecule has 2 fully saturated rings. The van der Waals surface area contributed by atoms with Gasteiger partial charge in [-0.3, -0.25) is 4.79 Å². The molecular formula is C12H22N2O3S. The minimum atomic E-state index is -2.86.